The highest BCUT2D eigenvalue weighted by atomic mass is 19.4. The smallest absolute Gasteiger partial charge is 0.370 e. The lowest BCUT2D eigenvalue weighted by molar-refractivity contribution is -0.175. The van der Waals surface area contributed by atoms with Crippen molar-refractivity contribution in [2.24, 2.45) is 0 Å². The lowest BCUT2D eigenvalue weighted by atomic mass is 10.2. The van der Waals surface area contributed by atoms with Gasteiger partial charge in [0.1, 0.15) is 18.8 Å². The van der Waals surface area contributed by atoms with Crippen molar-refractivity contribution in [2.45, 2.75) is 38.5 Å². The number of alkyl halides is 3. The van der Waals surface area contributed by atoms with E-state index < -0.39 is 12.8 Å². The Balaban J connectivity index is 2.45. The molecule has 1 unspecified atom stereocenters. The standard InChI is InChI=1S/C11H19F3N4O/c1-3-4-18-10(16-8-17-18)5-9(15-2)6-19-7-11(12,13)14/h8-9,15H,3-7H2,1-2H3. The average molecular weight is 280 g/mol. The third-order valence-corrected chi connectivity index (χ3v) is 2.55. The number of nitrogens with one attached hydrogen (secondary N) is 1. The van der Waals surface area contributed by atoms with Crippen molar-refractivity contribution in [1.82, 2.24) is 20.1 Å². The van der Waals surface area contributed by atoms with Gasteiger partial charge in [-0.1, -0.05) is 6.92 Å². The summed E-state index contributed by atoms with van der Waals surface area (Å²) in [5.74, 6) is 0.747. The molecule has 0 aliphatic carbocycles. The molecule has 0 fully saturated rings. The van der Waals surface area contributed by atoms with Crippen LogP contribution < -0.4 is 5.32 Å². The lowest BCUT2D eigenvalue weighted by Gasteiger charge is -2.17. The molecule has 1 aromatic rings. The summed E-state index contributed by atoms with van der Waals surface area (Å²) in [6.45, 7) is 1.52. The molecule has 0 aromatic carbocycles. The second-order valence-corrected chi connectivity index (χ2v) is 4.22. The van der Waals surface area contributed by atoms with Crippen molar-refractivity contribution in [3.05, 3.63) is 12.2 Å². The number of likely N-dealkylation sites (N-methyl/N-ethyl adjacent to an activating group) is 1. The Kier molecular flexibility index (Phi) is 6.23. The summed E-state index contributed by atoms with van der Waals surface area (Å²) >= 11 is 0. The van der Waals surface area contributed by atoms with Crippen LogP contribution in [0.25, 0.3) is 0 Å². The fourth-order valence-corrected chi connectivity index (χ4v) is 1.63. The minimum atomic E-state index is -4.29. The highest BCUT2D eigenvalue weighted by Gasteiger charge is 2.28. The van der Waals surface area contributed by atoms with Crippen LogP contribution in [0, 0.1) is 0 Å². The molecule has 0 radical (unpaired) electrons. The van der Waals surface area contributed by atoms with Gasteiger partial charge in [0.25, 0.3) is 0 Å². The molecule has 0 aliphatic heterocycles. The summed E-state index contributed by atoms with van der Waals surface area (Å²) < 4.78 is 42.4. The van der Waals surface area contributed by atoms with Crippen LogP contribution in [0.1, 0.15) is 19.2 Å². The molecular weight excluding hydrogens is 261 g/mol. The summed E-state index contributed by atoms with van der Waals surface area (Å²) in [4.78, 5) is 4.11. The van der Waals surface area contributed by atoms with Gasteiger partial charge in [-0.05, 0) is 13.5 Å². The molecule has 0 amide bonds. The van der Waals surface area contributed by atoms with Gasteiger partial charge in [-0.15, -0.1) is 0 Å². The first kappa shape index (κ1) is 15.9. The number of ether oxygens (including phenoxy) is 1. The number of aromatic nitrogens is 3. The summed E-state index contributed by atoms with van der Waals surface area (Å²) in [6, 6.07) is -0.220. The molecule has 110 valence electrons. The zero-order chi connectivity index (χ0) is 14.3. The Morgan fingerprint density at radius 3 is 2.79 bits per heavy atom. The molecule has 0 saturated heterocycles. The van der Waals surface area contributed by atoms with Crippen molar-refractivity contribution in [3.8, 4) is 0 Å². The van der Waals surface area contributed by atoms with Crippen molar-refractivity contribution in [3.63, 3.8) is 0 Å². The van der Waals surface area contributed by atoms with E-state index in [2.05, 4.69) is 20.1 Å². The fraction of sp³-hybridized carbons (Fsp3) is 0.818. The number of halogens is 3. The monoisotopic (exact) mass is 280 g/mol. The minimum absolute atomic E-state index is 0.0189. The molecule has 1 rings (SSSR count). The second kappa shape index (κ2) is 7.44. The fourth-order valence-electron chi connectivity index (χ4n) is 1.63. The minimum Gasteiger partial charge on any atom is -0.370 e. The van der Waals surface area contributed by atoms with Crippen molar-refractivity contribution < 1.29 is 17.9 Å². The van der Waals surface area contributed by atoms with E-state index in [0.717, 1.165) is 18.8 Å². The van der Waals surface area contributed by atoms with Crippen LogP contribution in [-0.2, 0) is 17.7 Å². The van der Waals surface area contributed by atoms with Crippen LogP contribution >= 0.6 is 0 Å². The van der Waals surface area contributed by atoms with Gasteiger partial charge in [0.15, 0.2) is 0 Å². The van der Waals surface area contributed by atoms with E-state index in [0.29, 0.717) is 6.42 Å². The van der Waals surface area contributed by atoms with Gasteiger partial charge in [-0.3, -0.25) is 4.68 Å². The molecule has 1 atom stereocenters. The number of hydrogen-bond donors (Lipinski definition) is 1. The molecule has 0 bridgehead atoms. The molecule has 0 aliphatic rings. The summed E-state index contributed by atoms with van der Waals surface area (Å²) in [5.41, 5.74) is 0. The molecule has 0 saturated carbocycles. The highest BCUT2D eigenvalue weighted by Crippen LogP contribution is 2.14. The Morgan fingerprint density at radius 1 is 1.47 bits per heavy atom. The van der Waals surface area contributed by atoms with Crippen LogP contribution in [0.4, 0.5) is 13.2 Å². The third-order valence-electron chi connectivity index (χ3n) is 2.55. The SMILES string of the molecule is CCCn1ncnc1CC(COCC(F)(F)F)NC. The molecular formula is C11H19F3N4O. The Bertz CT molecular complexity index is 367. The normalized spacial score (nSPS) is 13.7. The van der Waals surface area contributed by atoms with Gasteiger partial charge in [0.2, 0.25) is 0 Å². The molecule has 0 spiro atoms. The lowest BCUT2D eigenvalue weighted by Crippen LogP contribution is -2.35. The predicted octanol–water partition coefficient (Wildman–Crippen LogP) is 1.40. The zero-order valence-electron chi connectivity index (χ0n) is 11.1. The summed E-state index contributed by atoms with van der Waals surface area (Å²) in [5, 5.41) is 6.99. The average Bonchev–Trinajstić information content (AvgIpc) is 2.74. The molecule has 1 aromatic heterocycles. The summed E-state index contributed by atoms with van der Waals surface area (Å²) in [7, 11) is 1.68. The first-order valence-corrected chi connectivity index (χ1v) is 6.14. The van der Waals surface area contributed by atoms with E-state index in [9.17, 15) is 13.2 Å². The van der Waals surface area contributed by atoms with Crippen molar-refractivity contribution >= 4 is 0 Å². The quantitative estimate of drug-likeness (QED) is 0.782. The number of nitrogens with zero attached hydrogens (tertiary/aromatic N) is 3. The number of rotatable bonds is 8. The van der Waals surface area contributed by atoms with Crippen LogP contribution in [0.3, 0.4) is 0 Å². The van der Waals surface area contributed by atoms with Gasteiger partial charge in [0, 0.05) is 19.0 Å². The maximum absolute atomic E-state index is 12.0. The van der Waals surface area contributed by atoms with E-state index >= 15 is 0 Å². The molecule has 1 N–H and O–H groups in total. The van der Waals surface area contributed by atoms with Crippen LogP contribution in [-0.4, -0.2) is 47.2 Å². The van der Waals surface area contributed by atoms with E-state index in [1.165, 1.54) is 6.33 Å². The van der Waals surface area contributed by atoms with Gasteiger partial charge in [0.05, 0.1) is 6.61 Å². The van der Waals surface area contributed by atoms with Gasteiger partial charge in [-0.2, -0.15) is 18.3 Å². The van der Waals surface area contributed by atoms with E-state index in [1.807, 2.05) is 6.92 Å². The van der Waals surface area contributed by atoms with E-state index in [-0.39, 0.29) is 12.6 Å². The van der Waals surface area contributed by atoms with Gasteiger partial charge < -0.3 is 10.1 Å². The Labute approximate surface area is 110 Å². The number of aryl methyl sites for hydroxylation is 1. The first-order chi connectivity index (χ1) is 8.96. The molecule has 5 nitrogen and oxygen atoms in total. The van der Waals surface area contributed by atoms with Crippen molar-refractivity contribution in [1.29, 1.82) is 0 Å². The maximum atomic E-state index is 12.0. The van der Waals surface area contributed by atoms with Crippen LogP contribution in [0.15, 0.2) is 6.33 Å². The maximum Gasteiger partial charge on any atom is 0.411 e. The molecule has 1 heterocycles. The second-order valence-electron chi connectivity index (χ2n) is 4.22. The van der Waals surface area contributed by atoms with Crippen LogP contribution in [0.5, 0.6) is 0 Å². The highest BCUT2D eigenvalue weighted by molar-refractivity contribution is 4.89. The third kappa shape index (κ3) is 6.02. The number of hydrogen-bond acceptors (Lipinski definition) is 4. The van der Waals surface area contributed by atoms with E-state index in [4.69, 9.17) is 0 Å². The summed E-state index contributed by atoms with van der Waals surface area (Å²) in [6.07, 6.45) is -1.44. The molecule has 8 heteroatoms. The largest absolute Gasteiger partial charge is 0.411 e. The Hall–Kier alpha value is -1.15. The van der Waals surface area contributed by atoms with Gasteiger partial charge in [-0.25, -0.2) is 4.98 Å². The zero-order valence-corrected chi connectivity index (χ0v) is 11.1. The van der Waals surface area contributed by atoms with E-state index in [1.54, 1.807) is 11.7 Å². The van der Waals surface area contributed by atoms with Crippen molar-refractivity contribution in [2.75, 3.05) is 20.3 Å². The van der Waals surface area contributed by atoms with Gasteiger partial charge >= 0.3 is 6.18 Å². The first-order valence-electron chi connectivity index (χ1n) is 6.14. The topological polar surface area (TPSA) is 52.0 Å². The Morgan fingerprint density at radius 2 is 2.21 bits per heavy atom. The van der Waals surface area contributed by atoms with Crippen LogP contribution in [0.2, 0.25) is 0 Å². The molecule has 19 heavy (non-hydrogen) atoms. The predicted molar refractivity (Wildman–Crippen MR) is 63.7 cm³/mol.